The highest BCUT2D eigenvalue weighted by Crippen LogP contribution is 2.25. The standard InChI is InChI=1S/C15H21N3O4/c1-4-10-14(9(2)22-16-10)15(20)18-6-5-12-11(7-18)17(3)13(19)8-21-12/h11-12H,4-8H2,1-3H3/t11-,12+/m0/s1. The Morgan fingerprint density at radius 1 is 1.45 bits per heavy atom. The maximum absolute atomic E-state index is 12.8. The van der Waals surface area contributed by atoms with Crippen LogP contribution in [0.3, 0.4) is 0 Å². The second-order valence-corrected chi connectivity index (χ2v) is 5.88. The molecule has 22 heavy (non-hydrogen) atoms. The third-order valence-corrected chi connectivity index (χ3v) is 4.60. The minimum absolute atomic E-state index is 0.0148. The Morgan fingerprint density at radius 2 is 2.23 bits per heavy atom. The summed E-state index contributed by atoms with van der Waals surface area (Å²) < 4.78 is 10.7. The number of hydrogen-bond acceptors (Lipinski definition) is 5. The minimum atomic E-state index is -0.0795. The van der Waals surface area contributed by atoms with E-state index in [0.717, 1.165) is 6.42 Å². The van der Waals surface area contributed by atoms with Crippen molar-refractivity contribution in [1.29, 1.82) is 0 Å². The van der Waals surface area contributed by atoms with Gasteiger partial charge in [0.15, 0.2) is 0 Å². The Balaban J connectivity index is 1.80. The molecule has 2 amide bonds. The zero-order chi connectivity index (χ0) is 15.9. The van der Waals surface area contributed by atoms with Crippen LogP contribution in [0.4, 0.5) is 0 Å². The molecule has 1 aromatic heterocycles. The van der Waals surface area contributed by atoms with Crippen molar-refractivity contribution >= 4 is 11.8 Å². The lowest BCUT2D eigenvalue weighted by Crippen LogP contribution is -2.61. The van der Waals surface area contributed by atoms with Gasteiger partial charge < -0.3 is 19.1 Å². The number of aryl methyl sites for hydroxylation is 2. The summed E-state index contributed by atoms with van der Waals surface area (Å²) in [6.07, 6.45) is 1.40. The van der Waals surface area contributed by atoms with E-state index < -0.39 is 0 Å². The van der Waals surface area contributed by atoms with Crippen molar-refractivity contribution in [2.45, 2.75) is 38.8 Å². The number of nitrogens with zero attached hydrogens (tertiary/aromatic N) is 3. The largest absolute Gasteiger partial charge is 0.366 e. The second kappa shape index (κ2) is 5.72. The van der Waals surface area contributed by atoms with Crippen molar-refractivity contribution < 1.29 is 18.8 Å². The van der Waals surface area contributed by atoms with E-state index in [1.165, 1.54) is 0 Å². The molecule has 2 fully saturated rings. The first-order valence-corrected chi connectivity index (χ1v) is 7.64. The summed E-state index contributed by atoms with van der Waals surface area (Å²) in [7, 11) is 1.78. The van der Waals surface area contributed by atoms with E-state index in [0.29, 0.717) is 36.5 Å². The first kappa shape index (κ1) is 15.0. The Hall–Kier alpha value is -1.89. The predicted molar refractivity (Wildman–Crippen MR) is 77.4 cm³/mol. The molecular weight excluding hydrogens is 286 g/mol. The van der Waals surface area contributed by atoms with Crippen LogP contribution in [-0.4, -0.2) is 65.7 Å². The average molecular weight is 307 g/mol. The van der Waals surface area contributed by atoms with Gasteiger partial charge in [-0.15, -0.1) is 0 Å². The Bertz CT molecular complexity index is 598. The Kier molecular flexibility index (Phi) is 3.90. The number of carbonyl (C=O) groups is 2. The number of fused-ring (bicyclic) bond motifs is 1. The SMILES string of the molecule is CCc1noc(C)c1C(=O)N1CC[C@H]2OCC(=O)N(C)[C@H]2C1. The van der Waals surface area contributed by atoms with E-state index in [1.54, 1.807) is 23.8 Å². The monoisotopic (exact) mass is 307 g/mol. The summed E-state index contributed by atoms with van der Waals surface area (Å²) in [5.41, 5.74) is 1.25. The molecule has 0 unspecified atom stereocenters. The second-order valence-electron chi connectivity index (χ2n) is 5.88. The molecule has 2 aliphatic heterocycles. The fourth-order valence-corrected chi connectivity index (χ4v) is 3.22. The third kappa shape index (κ3) is 2.39. The molecule has 2 atom stereocenters. The van der Waals surface area contributed by atoms with Gasteiger partial charge in [0.25, 0.3) is 5.91 Å². The van der Waals surface area contributed by atoms with Gasteiger partial charge in [-0.2, -0.15) is 0 Å². The van der Waals surface area contributed by atoms with Crippen LogP contribution in [-0.2, 0) is 16.0 Å². The lowest BCUT2D eigenvalue weighted by molar-refractivity contribution is -0.159. The molecule has 120 valence electrons. The lowest BCUT2D eigenvalue weighted by atomic mass is 9.98. The predicted octanol–water partition coefficient (Wildman–Crippen LogP) is 0.617. The number of hydrogen-bond donors (Lipinski definition) is 0. The molecule has 0 saturated carbocycles. The number of amides is 2. The van der Waals surface area contributed by atoms with Crippen LogP contribution in [0.25, 0.3) is 0 Å². The molecule has 1 aromatic rings. The van der Waals surface area contributed by atoms with E-state index in [2.05, 4.69) is 5.16 Å². The molecule has 0 radical (unpaired) electrons. The van der Waals surface area contributed by atoms with Gasteiger partial charge in [-0.05, 0) is 19.8 Å². The molecule has 2 saturated heterocycles. The van der Waals surface area contributed by atoms with Gasteiger partial charge in [0, 0.05) is 20.1 Å². The van der Waals surface area contributed by atoms with Crippen LogP contribution in [0, 0.1) is 6.92 Å². The lowest BCUT2D eigenvalue weighted by Gasteiger charge is -2.45. The van der Waals surface area contributed by atoms with Crippen LogP contribution in [0.1, 0.15) is 35.2 Å². The van der Waals surface area contributed by atoms with Crippen LogP contribution in [0.5, 0.6) is 0 Å². The van der Waals surface area contributed by atoms with E-state index in [9.17, 15) is 9.59 Å². The van der Waals surface area contributed by atoms with Crippen LogP contribution >= 0.6 is 0 Å². The van der Waals surface area contributed by atoms with E-state index in [1.807, 2.05) is 6.92 Å². The summed E-state index contributed by atoms with van der Waals surface area (Å²) in [4.78, 5) is 28.1. The normalized spacial score (nSPS) is 25.3. The topological polar surface area (TPSA) is 75.9 Å². The van der Waals surface area contributed by atoms with Crippen molar-refractivity contribution in [1.82, 2.24) is 15.0 Å². The Morgan fingerprint density at radius 3 is 2.95 bits per heavy atom. The van der Waals surface area contributed by atoms with Crippen molar-refractivity contribution in [3.8, 4) is 0 Å². The van der Waals surface area contributed by atoms with Crippen molar-refractivity contribution in [2.75, 3.05) is 26.7 Å². The highest BCUT2D eigenvalue weighted by Gasteiger charge is 2.40. The first-order valence-electron chi connectivity index (χ1n) is 7.64. The van der Waals surface area contributed by atoms with Gasteiger partial charge >= 0.3 is 0 Å². The van der Waals surface area contributed by atoms with Crippen molar-refractivity contribution in [3.05, 3.63) is 17.0 Å². The number of aromatic nitrogens is 1. The number of rotatable bonds is 2. The molecule has 0 aromatic carbocycles. The van der Waals surface area contributed by atoms with Crippen molar-refractivity contribution in [2.24, 2.45) is 0 Å². The van der Waals surface area contributed by atoms with Gasteiger partial charge in [0.2, 0.25) is 5.91 Å². The van der Waals surface area contributed by atoms with Crippen molar-refractivity contribution in [3.63, 3.8) is 0 Å². The summed E-state index contributed by atoms with van der Waals surface area (Å²) in [6.45, 7) is 4.94. The molecule has 3 heterocycles. The average Bonchev–Trinajstić information content (AvgIpc) is 2.91. The maximum atomic E-state index is 12.8. The summed E-state index contributed by atoms with van der Waals surface area (Å²) in [6, 6.07) is -0.0795. The van der Waals surface area contributed by atoms with Crippen LogP contribution < -0.4 is 0 Å². The fraction of sp³-hybridized carbons (Fsp3) is 0.667. The molecule has 3 rings (SSSR count). The molecule has 7 nitrogen and oxygen atoms in total. The van der Waals surface area contributed by atoms with Gasteiger partial charge in [0.1, 0.15) is 17.9 Å². The molecule has 0 spiro atoms. The van der Waals surface area contributed by atoms with Crippen LogP contribution in [0.15, 0.2) is 4.52 Å². The van der Waals surface area contributed by atoms with E-state index in [4.69, 9.17) is 9.26 Å². The number of likely N-dealkylation sites (N-methyl/N-ethyl adjacent to an activating group) is 1. The molecule has 0 aliphatic carbocycles. The van der Waals surface area contributed by atoms with Gasteiger partial charge in [-0.1, -0.05) is 12.1 Å². The van der Waals surface area contributed by atoms with E-state index >= 15 is 0 Å². The summed E-state index contributed by atoms with van der Waals surface area (Å²) in [5, 5.41) is 3.95. The van der Waals surface area contributed by atoms with Gasteiger partial charge in [-0.25, -0.2) is 0 Å². The Labute approximate surface area is 129 Å². The van der Waals surface area contributed by atoms with Gasteiger partial charge in [-0.3, -0.25) is 9.59 Å². The zero-order valence-electron chi connectivity index (χ0n) is 13.2. The first-order chi connectivity index (χ1) is 10.5. The highest BCUT2D eigenvalue weighted by molar-refractivity contribution is 5.96. The number of piperidine rings is 1. The molecule has 7 heteroatoms. The number of ether oxygens (including phenoxy) is 1. The fourth-order valence-electron chi connectivity index (χ4n) is 3.22. The smallest absolute Gasteiger partial charge is 0.259 e. The third-order valence-electron chi connectivity index (χ3n) is 4.60. The minimum Gasteiger partial charge on any atom is -0.366 e. The molecule has 0 N–H and O–H groups in total. The number of morpholine rings is 1. The highest BCUT2D eigenvalue weighted by atomic mass is 16.5. The summed E-state index contributed by atoms with van der Waals surface area (Å²) >= 11 is 0. The quantitative estimate of drug-likeness (QED) is 0.800. The van der Waals surface area contributed by atoms with Crippen LogP contribution in [0.2, 0.25) is 0 Å². The maximum Gasteiger partial charge on any atom is 0.259 e. The number of carbonyl (C=O) groups excluding carboxylic acids is 2. The zero-order valence-corrected chi connectivity index (χ0v) is 13.2. The van der Waals surface area contributed by atoms with E-state index in [-0.39, 0.29) is 30.6 Å². The number of likely N-dealkylation sites (tertiary alicyclic amines) is 1. The summed E-state index contributed by atoms with van der Waals surface area (Å²) in [5.74, 6) is 0.444. The van der Waals surface area contributed by atoms with Gasteiger partial charge in [0.05, 0.1) is 17.8 Å². The molecule has 2 aliphatic rings. The molecular formula is C15H21N3O4. The molecule has 0 bridgehead atoms.